The standard InChI is InChI=1S/C27H31Br2ClN4O2/c28-20-13-19-5-4-18-14-21(30)15-22(29)24(18)25(26(19)32-16-20)17-6-11-33(12-7-17)9-1-3-23(35)34-10-2-8-31-27(34)36/h13-17,25H,1-12H2,(H,31,36). The number of pyridine rings is 1. The van der Waals surface area contributed by atoms with Crippen molar-refractivity contribution < 1.29 is 9.59 Å². The zero-order valence-electron chi connectivity index (χ0n) is 20.2. The van der Waals surface area contributed by atoms with Gasteiger partial charge in [0.1, 0.15) is 0 Å². The van der Waals surface area contributed by atoms with E-state index in [0.717, 1.165) is 72.1 Å². The van der Waals surface area contributed by atoms with Gasteiger partial charge in [0.2, 0.25) is 5.91 Å². The van der Waals surface area contributed by atoms with E-state index in [1.807, 2.05) is 12.3 Å². The summed E-state index contributed by atoms with van der Waals surface area (Å²) in [5, 5.41) is 3.52. The fourth-order valence-electron chi connectivity index (χ4n) is 6.00. The van der Waals surface area contributed by atoms with Gasteiger partial charge in [0, 0.05) is 45.6 Å². The summed E-state index contributed by atoms with van der Waals surface area (Å²) in [6.45, 7) is 4.09. The molecule has 2 saturated heterocycles. The number of hydrogen-bond acceptors (Lipinski definition) is 4. The molecule has 192 valence electrons. The highest BCUT2D eigenvalue weighted by molar-refractivity contribution is 9.10. The van der Waals surface area contributed by atoms with Crippen LogP contribution in [0.5, 0.6) is 0 Å². The van der Waals surface area contributed by atoms with Gasteiger partial charge >= 0.3 is 6.03 Å². The molecule has 3 heterocycles. The number of carbonyl (C=O) groups is 2. The Bertz CT molecular complexity index is 1150. The lowest BCUT2D eigenvalue weighted by atomic mass is 9.76. The minimum absolute atomic E-state index is 0.0606. The molecule has 1 aromatic carbocycles. The quantitative estimate of drug-likeness (QED) is 0.442. The molecule has 2 aromatic rings. The van der Waals surface area contributed by atoms with E-state index in [0.29, 0.717) is 25.4 Å². The summed E-state index contributed by atoms with van der Waals surface area (Å²) in [7, 11) is 0. The van der Waals surface area contributed by atoms with E-state index >= 15 is 0 Å². The second-order valence-electron chi connectivity index (χ2n) is 10.0. The van der Waals surface area contributed by atoms with Crippen LogP contribution >= 0.6 is 43.5 Å². The SMILES string of the molecule is O=C(CCCN1CCC(C2c3ncc(Br)cc3CCc3cc(Cl)cc(Br)c32)CC1)N1CCCNC1=O. The molecule has 1 atom stereocenters. The number of aryl methyl sites for hydroxylation is 2. The van der Waals surface area contributed by atoms with Crippen LogP contribution in [0, 0.1) is 5.92 Å². The highest BCUT2D eigenvalue weighted by Crippen LogP contribution is 2.46. The van der Waals surface area contributed by atoms with Gasteiger partial charge in [-0.15, -0.1) is 0 Å². The van der Waals surface area contributed by atoms with Gasteiger partial charge in [-0.3, -0.25) is 14.7 Å². The molecule has 6 nitrogen and oxygen atoms in total. The predicted octanol–water partition coefficient (Wildman–Crippen LogP) is 5.92. The van der Waals surface area contributed by atoms with E-state index in [1.54, 1.807) is 0 Å². The third kappa shape index (κ3) is 5.66. The number of halogens is 3. The lowest BCUT2D eigenvalue weighted by Crippen LogP contribution is -2.49. The van der Waals surface area contributed by atoms with Crippen molar-refractivity contribution in [1.82, 2.24) is 20.1 Å². The van der Waals surface area contributed by atoms with Gasteiger partial charge in [-0.2, -0.15) is 0 Å². The van der Waals surface area contributed by atoms with Gasteiger partial charge in [0.25, 0.3) is 0 Å². The van der Waals surface area contributed by atoms with E-state index in [9.17, 15) is 9.59 Å². The fraction of sp³-hybridized carbons (Fsp3) is 0.519. The van der Waals surface area contributed by atoms with Crippen LogP contribution in [0.1, 0.15) is 60.4 Å². The molecule has 1 aromatic heterocycles. The van der Waals surface area contributed by atoms with Crippen molar-refractivity contribution in [2.75, 3.05) is 32.7 Å². The van der Waals surface area contributed by atoms with Crippen LogP contribution in [-0.2, 0) is 17.6 Å². The highest BCUT2D eigenvalue weighted by Gasteiger charge is 2.35. The number of nitrogens with one attached hydrogen (secondary N) is 1. The van der Waals surface area contributed by atoms with E-state index in [2.05, 4.69) is 54.2 Å². The Morgan fingerprint density at radius 1 is 1.11 bits per heavy atom. The zero-order valence-corrected chi connectivity index (χ0v) is 24.2. The second-order valence-corrected chi connectivity index (χ2v) is 12.3. The maximum absolute atomic E-state index is 12.5. The summed E-state index contributed by atoms with van der Waals surface area (Å²) >= 11 is 13.9. The second kappa shape index (κ2) is 11.5. The zero-order chi connectivity index (χ0) is 25.2. The first-order valence-corrected chi connectivity index (χ1v) is 14.8. The van der Waals surface area contributed by atoms with Gasteiger partial charge < -0.3 is 10.2 Å². The summed E-state index contributed by atoms with van der Waals surface area (Å²) in [6.07, 6.45) is 8.03. The largest absolute Gasteiger partial charge is 0.338 e. The number of fused-ring (bicyclic) bond motifs is 2. The number of rotatable bonds is 5. The first kappa shape index (κ1) is 26.1. The van der Waals surface area contributed by atoms with E-state index < -0.39 is 0 Å². The fourth-order valence-corrected chi connectivity index (χ4v) is 7.50. The van der Waals surface area contributed by atoms with Crippen LogP contribution in [-0.4, -0.2) is 59.4 Å². The Labute approximate surface area is 234 Å². The maximum atomic E-state index is 12.5. The molecule has 1 aliphatic carbocycles. The van der Waals surface area contributed by atoms with Crippen molar-refractivity contribution in [3.8, 4) is 0 Å². The Balaban J connectivity index is 1.26. The minimum Gasteiger partial charge on any atom is -0.338 e. The number of aromatic nitrogens is 1. The van der Waals surface area contributed by atoms with E-state index in [-0.39, 0.29) is 17.9 Å². The molecule has 5 rings (SSSR count). The topological polar surface area (TPSA) is 65.5 Å². The van der Waals surface area contributed by atoms with E-state index in [1.165, 1.54) is 27.3 Å². The van der Waals surface area contributed by atoms with Crippen LogP contribution in [0.3, 0.4) is 0 Å². The summed E-state index contributed by atoms with van der Waals surface area (Å²) < 4.78 is 2.10. The molecule has 0 spiro atoms. The van der Waals surface area contributed by atoms with Crippen LogP contribution in [0.15, 0.2) is 33.3 Å². The molecule has 1 N–H and O–H groups in total. The molecule has 36 heavy (non-hydrogen) atoms. The van der Waals surface area contributed by atoms with Gasteiger partial charge in [0.05, 0.1) is 5.69 Å². The summed E-state index contributed by atoms with van der Waals surface area (Å²) in [6, 6.07) is 6.13. The number of amides is 3. The van der Waals surface area contributed by atoms with Crippen LogP contribution < -0.4 is 5.32 Å². The maximum Gasteiger partial charge on any atom is 0.324 e. The Kier molecular flexibility index (Phi) is 8.35. The molecule has 0 saturated carbocycles. The molecule has 9 heteroatoms. The summed E-state index contributed by atoms with van der Waals surface area (Å²) in [5.41, 5.74) is 5.17. The molecule has 0 bridgehead atoms. The number of benzene rings is 1. The number of urea groups is 1. The molecular weight excluding hydrogens is 608 g/mol. The third-order valence-electron chi connectivity index (χ3n) is 7.77. The number of nitrogens with zero attached hydrogens (tertiary/aromatic N) is 3. The monoisotopic (exact) mass is 636 g/mol. The molecule has 3 aliphatic rings. The normalized spacial score (nSPS) is 20.9. The molecule has 3 amide bonds. The molecule has 0 radical (unpaired) electrons. The smallest absolute Gasteiger partial charge is 0.324 e. The van der Waals surface area contributed by atoms with Gasteiger partial charge in [0.15, 0.2) is 0 Å². The Morgan fingerprint density at radius 2 is 1.89 bits per heavy atom. The van der Waals surface area contributed by atoms with Gasteiger partial charge in [-0.05, 0) is 115 Å². The molecule has 2 fully saturated rings. The number of hydrogen-bond donors (Lipinski definition) is 1. The summed E-state index contributed by atoms with van der Waals surface area (Å²) in [5.74, 6) is 0.662. The highest BCUT2D eigenvalue weighted by atomic mass is 79.9. The van der Waals surface area contributed by atoms with Gasteiger partial charge in [-0.1, -0.05) is 27.5 Å². The lowest BCUT2D eigenvalue weighted by Gasteiger charge is -2.37. The predicted molar refractivity (Wildman–Crippen MR) is 148 cm³/mol. The van der Waals surface area contributed by atoms with Crippen molar-refractivity contribution in [3.63, 3.8) is 0 Å². The lowest BCUT2D eigenvalue weighted by molar-refractivity contribution is -0.128. The average Bonchev–Trinajstić information content (AvgIpc) is 3.01. The summed E-state index contributed by atoms with van der Waals surface area (Å²) in [4.78, 5) is 33.2. The third-order valence-corrected chi connectivity index (χ3v) is 9.07. The Morgan fingerprint density at radius 3 is 2.67 bits per heavy atom. The van der Waals surface area contributed by atoms with Crippen molar-refractivity contribution in [2.24, 2.45) is 5.92 Å². The Hall–Kier alpha value is -1.48. The average molecular weight is 639 g/mol. The first-order chi connectivity index (χ1) is 17.4. The molecule has 1 unspecified atom stereocenters. The van der Waals surface area contributed by atoms with Crippen LogP contribution in [0.2, 0.25) is 5.02 Å². The van der Waals surface area contributed by atoms with Crippen molar-refractivity contribution in [2.45, 2.75) is 50.9 Å². The van der Waals surface area contributed by atoms with E-state index in [4.69, 9.17) is 16.6 Å². The number of imide groups is 1. The van der Waals surface area contributed by atoms with Crippen LogP contribution in [0.25, 0.3) is 0 Å². The van der Waals surface area contributed by atoms with Crippen LogP contribution in [0.4, 0.5) is 4.79 Å². The minimum atomic E-state index is -0.246. The van der Waals surface area contributed by atoms with Gasteiger partial charge in [-0.25, -0.2) is 4.79 Å². The number of likely N-dealkylation sites (tertiary alicyclic amines) is 1. The molecular formula is C27H31Br2ClN4O2. The molecule has 2 aliphatic heterocycles. The number of carbonyl (C=O) groups excluding carboxylic acids is 2. The van der Waals surface area contributed by atoms with Crippen molar-refractivity contribution in [3.05, 3.63) is 60.7 Å². The van der Waals surface area contributed by atoms with Crippen molar-refractivity contribution in [1.29, 1.82) is 0 Å². The first-order valence-electron chi connectivity index (χ1n) is 12.8. The van der Waals surface area contributed by atoms with Crippen molar-refractivity contribution >= 4 is 55.4 Å². The number of piperidine rings is 1.